The topological polar surface area (TPSA) is 46.9 Å². The van der Waals surface area contributed by atoms with Crippen molar-refractivity contribution in [2.24, 2.45) is 0 Å². The van der Waals surface area contributed by atoms with E-state index in [1.165, 1.54) is 6.07 Å². The van der Waals surface area contributed by atoms with Gasteiger partial charge in [0.2, 0.25) is 0 Å². The molecule has 0 radical (unpaired) electrons. The monoisotopic (exact) mass is 401 g/mol. The lowest BCUT2D eigenvalue weighted by atomic mass is 10.1. The number of hydrogen-bond acceptors (Lipinski definition) is 2. The molecule has 4 rings (SSSR count). The van der Waals surface area contributed by atoms with Crippen LogP contribution in [0, 0.1) is 12.7 Å². The minimum absolute atomic E-state index is 0.0621. The number of carbonyl (C=O) groups excluding carboxylic acids is 1. The summed E-state index contributed by atoms with van der Waals surface area (Å²) in [5.74, 6) is 0.615. The second-order valence-electron chi connectivity index (χ2n) is 7.37. The van der Waals surface area contributed by atoms with Crippen LogP contribution in [0.2, 0.25) is 0 Å². The first-order chi connectivity index (χ1) is 14.6. The summed E-state index contributed by atoms with van der Waals surface area (Å²) in [6.07, 6.45) is 1.44. The van der Waals surface area contributed by atoms with Crippen LogP contribution in [0.5, 0.6) is 0 Å². The van der Waals surface area contributed by atoms with Gasteiger partial charge < -0.3 is 9.88 Å². The first-order valence-electron chi connectivity index (χ1n) is 10.1. The first kappa shape index (κ1) is 19.8. The van der Waals surface area contributed by atoms with Crippen LogP contribution >= 0.6 is 0 Å². The molecule has 1 heterocycles. The van der Waals surface area contributed by atoms with E-state index in [-0.39, 0.29) is 11.7 Å². The van der Waals surface area contributed by atoms with Crippen LogP contribution in [0.25, 0.3) is 11.0 Å². The van der Waals surface area contributed by atoms with Crippen LogP contribution in [0.3, 0.4) is 0 Å². The fourth-order valence-corrected chi connectivity index (χ4v) is 3.66. The molecule has 152 valence electrons. The zero-order valence-corrected chi connectivity index (χ0v) is 16.9. The summed E-state index contributed by atoms with van der Waals surface area (Å²) in [6.45, 7) is 2.91. The SMILES string of the molecule is Cc1ccccc1C(=O)NCCCc1nc2ccccc2n1Cc1ccccc1F. The number of aromatic nitrogens is 2. The molecule has 1 N–H and O–H groups in total. The van der Waals surface area contributed by atoms with Crippen LogP contribution in [-0.2, 0) is 13.0 Å². The maximum Gasteiger partial charge on any atom is 0.251 e. The molecule has 0 aliphatic heterocycles. The highest BCUT2D eigenvalue weighted by atomic mass is 19.1. The van der Waals surface area contributed by atoms with Gasteiger partial charge in [0.05, 0.1) is 17.6 Å². The normalized spacial score (nSPS) is 11.0. The number of para-hydroxylation sites is 2. The van der Waals surface area contributed by atoms with Crippen molar-refractivity contribution in [1.82, 2.24) is 14.9 Å². The molecule has 1 amide bonds. The summed E-state index contributed by atoms with van der Waals surface area (Å²) in [4.78, 5) is 17.1. The third-order valence-corrected chi connectivity index (χ3v) is 5.27. The number of fused-ring (bicyclic) bond motifs is 1. The molecule has 5 heteroatoms. The molecule has 0 saturated carbocycles. The molecule has 30 heavy (non-hydrogen) atoms. The predicted molar refractivity (Wildman–Crippen MR) is 117 cm³/mol. The molecule has 0 atom stereocenters. The summed E-state index contributed by atoms with van der Waals surface area (Å²) in [7, 11) is 0. The van der Waals surface area contributed by atoms with Crippen molar-refractivity contribution in [1.29, 1.82) is 0 Å². The molecule has 0 unspecified atom stereocenters. The summed E-state index contributed by atoms with van der Waals surface area (Å²) in [6, 6.07) is 22.3. The van der Waals surface area contributed by atoms with Crippen LogP contribution < -0.4 is 5.32 Å². The summed E-state index contributed by atoms with van der Waals surface area (Å²) in [5, 5.41) is 2.99. The second-order valence-corrected chi connectivity index (χ2v) is 7.37. The van der Waals surface area contributed by atoms with Crippen LogP contribution in [-0.4, -0.2) is 22.0 Å². The van der Waals surface area contributed by atoms with Gasteiger partial charge in [-0.15, -0.1) is 0 Å². The number of benzene rings is 3. The quantitative estimate of drug-likeness (QED) is 0.448. The molecule has 1 aromatic heterocycles. The fraction of sp³-hybridized carbons (Fsp3) is 0.200. The van der Waals surface area contributed by atoms with Gasteiger partial charge in [-0.05, 0) is 43.2 Å². The van der Waals surface area contributed by atoms with E-state index in [0.29, 0.717) is 30.6 Å². The Hall–Kier alpha value is -3.47. The van der Waals surface area contributed by atoms with Gasteiger partial charge in [-0.2, -0.15) is 0 Å². The highest BCUT2D eigenvalue weighted by molar-refractivity contribution is 5.95. The van der Waals surface area contributed by atoms with Gasteiger partial charge in [-0.3, -0.25) is 4.79 Å². The van der Waals surface area contributed by atoms with Crippen molar-refractivity contribution in [2.75, 3.05) is 6.54 Å². The average Bonchev–Trinajstić information content (AvgIpc) is 3.10. The van der Waals surface area contributed by atoms with Crippen molar-refractivity contribution < 1.29 is 9.18 Å². The zero-order chi connectivity index (χ0) is 20.9. The van der Waals surface area contributed by atoms with E-state index in [4.69, 9.17) is 4.98 Å². The third-order valence-electron chi connectivity index (χ3n) is 5.27. The Morgan fingerprint density at radius 1 is 1.00 bits per heavy atom. The van der Waals surface area contributed by atoms with Crippen molar-refractivity contribution in [2.45, 2.75) is 26.3 Å². The van der Waals surface area contributed by atoms with E-state index in [0.717, 1.165) is 28.8 Å². The molecule has 0 aliphatic carbocycles. The smallest absolute Gasteiger partial charge is 0.251 e. The van der Waals surface area contributed by atoms with E-state index in [9.17, 15) is 9.18 Å². The molecule has 0 saturated heterocycles. The molecule has 4 aromatic rings. The number of aryl methyl sites for hydroxylation is 2. The highest BCUT2D eigenvalue weighted by Gasteiger charge is 2.13. The van der Waals surface area contributed by atoms with E-state index in [2.05, 4.69) is 9.88 Å². The maximum absolute atomic E-state index is 14.2. The third kappa shape index (κ3) is 4.25. The Labute approximate surface area is 175 Å². The van der Waals surface area contributed by atoms with Crippen molar-refractivity contribution in [3.63, 3.8) is 0 Å². The molecule has 0 bridgehead atoms. The van der Waals surface area contributed by atoms with Crippen molar-refractivity contribution in [3.05, 3.63) is 101 Å². The molecular weight excluding hydrogens is 377 g/mol. The molecule has 0 fully saturated rings. The van der Waals surface area contributed by atoms with Gasteiger partial charge in [0.25, 0.3) is 5.91 Å². The van der Waals surface area contributed by atoms with Gasteiger partial charge in [-0.25, -0.2) is 9.37 Å². The Kier molecular flexibility index (Phi) is 5.89. The molecule has 0 spiro atoms. The molecular formula is C25H24FN3O. The average molecular weight is 401 g/mol. The van der Waals surface area contributed by atoms with Gasteiger partial charge in [-0.1, -0.05) is 48.5 Å². The Morgan fingerprint density at radius 3 is 2.57 bits per heavy atom. The number of imidazole rings is 1. The van der Waals surface area contributed by atoms with Gasteiger partial charge in [0, 0.05) is 24.1 Å². The maximum atomic E-state index is 14.2. The van der Waals surface area contributed by atoms with Gasteiger partial charge >= 0.3 is 0 Å². The van der Waals surface area contributed by atoms with E-state index >= 15 is 0 Å². The molecule has 4 nitrogen and oxygen atoms in total. The van der Waals surface area contributed by atoms with E-state index in [1.54, 1.807) is 12.1 Å². The Morgan fingerprint density at radius 2 is 1.73 bits per heavy atom. The largest absolute Gasteiger partial charge is 0.352 e. The lowest BCUT2D eigenvalue weighted by Gasteiger charge is -2.11. The number of halogens is 1. The van der Waals surface area contributed by atoms with Crippen molar-refractivity contribution >= 4 is 16.9 Å². The van der Waals surface area contributed by atoms with Crippen LogP contribution in [0.4, 0.5) is 4.39 Å². The van der Waals surface area contributed by atoms with E-state index < -0.39 is 0 Å². The van der Waals surface area contributed by atoms with Gasteiger partial charge in [0.1, 0.15) is 11.6 Å². The number of nitrogens with one attached hydrogen (secondary N) is 1. The Bertz CT molecular complexity index is 1180. The molecule has 3 aromatic carbocycles. The summed E-state index contributed by atoms with van der Waals surface area (Å²) < 4.78 is 16.3. The standard InChI is InChI=1S/C25H24FN3O/c1-18-9-2-4-11-20(18)25(30)27-16-8-15-24-28-22-13-6-7-14-23(22)29(24)17-19-10-3-5-12-21(19)26/h2-7,9-14H,8,15-17H2,1H3,(H,27,30). The second kappa shape index (κ2) is 8.91. The number of hydrogen-bond donors (Lipinski definition) is 1. The molecule has 0 aliphatic rings. The van der Waals surface area contributed by atoms with Crippen molar-refractivity contribution in [3.8, 4) is 0 Å². The highest BCUT2D eigenvalue weighted by Crippen LogP contribution is 2.20. The zero-order valence-electron chi connectivity index (χ0n) is 16.9. The number of rotatable bonds is 7. The predicted octanol–water partition coefficient (Wildman–Crippen LogP) is 4.89. The first-order valence-corrected chi connectivity index (χ1v) is 10.1. The van der Waals surface area contributed by atoms with E-state index in [1.807, 2.05) is 61.5 Å². The Balaban J connectivity index is 1.47. The van der Waals surface area contributed by atoms with Crippen LogP contribution in [0.15, 0.2) is 72.8 Å². The summed E-state index contributed by atoms with van der Waals surface area (Å²) in [5.41, 5.74) is 4.17. The summed E-state index contributed by atoms with van der Waals surface area (Å²) >= 11 is 0. The lowest BCUT2D eigenvalue weighted by molar-refractivity contribution is 0.0952. The minimum Gasteiger partial charge on any atom is -0.352 e. The number of nitrogens with zero attached hydrogens (tertiary/aromatic N) is 2. The number of amides is 1. The van der Waals surface area contributed by atoms with Crippen LogP contribution in [0.1, 0.15) is 33.7 Å². The lowest BCUT2D eigenvalue weighted by Crippen LogP contribution is -2.25. The van der Waals surface area contributed by atoms with Gasteiger partial charge in [0.15, 0.2) is 0 Å². The fourth-order valence-electron chi connectivity index (χ4n) is 3.66. The minimum atomic E-state index is -0.216. The number of carbonyl (C=O) groups is 1.